The van der Waals surface area contributed by atoms with Crippen molar-refractivity contribution >= 4 is 11.9 Å². The fourth-order valence-corrected chi connectivity index (χ4v) is 2.46. The topological polar surface area (TPSA) is 183 Å². The summed E-state index contributed by atoms with van der Waals surface area (Å²) in [5, 5.41) is 36.1. The van der Waals surface area contributed by atoms with Gasteiger partial charge in [0.1, 0.15) is 43.6 Å². The molecule has 0 spiro atoms. The van der Waals surface area contributed by atoms with Crippen molar-refractivity contribution in [2.75, 3.05) is 0 Å². The summed E-state index contributed by atoms with van der Waals surface area (Å²) in [6, 6.07) is 0. The fourth-order valence-electron chi connectivity index (χ4n) is 2.46. The molecule has 156 valence electrons. The molecule has 0 radical (unpaired) electrons. The van der Waals surface area contributed by atoms with E-state index in [1.54, 1.807) is 37.4 Å². The first-order valence-corrected chi connectivity index (χ1v) is 8.35. The van der Waals surface area contributed by atoms with Crippen LogP contribution in [0.3, 0.4) is 0 Å². The van der Waals surface area contributed by atoms with E-state index in [2.05, 4.69) is 30.6 Å². The number of hydrogen-bond acceptors (Lipinski definition) is 10. The molecule has 0 aliphatic heterocycles. The Hall–Kier alpha value is -4.50. The van der Waals surface area contributed by atoms with E-state index >= 15 is 0 Å². The second kappa shape index (κ2) is 8.67. The summed E-state index contributed by atoms with van der Waals surface area (Å²) in [7, 11) is 3.46. The van der Waals surface area contributed by atoms with E-state index in [1.165, 1.54) is 32.4 Å². The van der Waals surface area contributed by atoms with Crippen LogP contribution in [0.5, 0.6) is 0 Å². The number of aromatic nitrogens is 10. The Morgan fingerprint density at radius 3 is 2.00 bits per heavy atom. The zero-order chi connectivity index (χ0) is 21.7. The lowest BCUT2D eigenvalue weighted by Gasteiger charge is -2.00. The maximum absolute atomic E-state index is 10.6. The first-order chi connectivity index (χ1) is 14.3. The van der Waals surface area contributed by atoms with Gasteiger partial charge in [-0.3, -0.25) is 4.68 Å². The van der Waals surface area contributed by atoms with E-state index in [0.717, 1.165) is 5.69 Å². The Labute approximate surface area is 167 Å². The van der Waals surface area contributed by atoms with Crippen molar-refractivity contribution in [3.05, 3.63) is 68.8 Å². The molecule has 4 aromatic heterocycles. The van der Waals surface area contributed by atoms with Crippen LogP contribution >= 0.6 is 0 Å². The Kier molecular flexibility index (Phi) is 5.85. The molecule has 0 saturated carbocycles. The quantitative estimate of drug-likeness (QED) is 0.304. The second-order valence-electron chi connectivity index (χ2n) is 5.96. The summed E-state index contributed by atoms with van der Waals surface area (Å²) in [5.41, 5.74) is 1.43. The molecule has 0 unspecified atom stereocenters. The molecule has 16 nitrogen and oxygen atoms in total. The van der Waals surface area contributed by atoms with E-state index in [-0.39, 0.29) is 11.9 Å². The molecule has 0 aromatic carbocycles. The smallest absolute Gasteiger partial charge is 0.390 e. The molecular weight excluding hydrogens is 400 g/mol. The zero-order valence-electron chi connectivity index (χ0n) is 15.9. The Bertz CT molecular complexity index is 1160. The zero-order valence-corrected chi connectivity index (χ0v) is 15.9. The van der Waals surface area contributed by atoms with Crippen molar-refractivity contribution in [1.29, 1.82) is 0 Å². The Morgan fingerprint density at radius 1 is 0.933 bits per heavy atom. The van der Waals surface area contributed by atoms with Gasteiger partial charge < -0.3 is 20.2 Å². The Morgan fingerprint density at radius 2 is 1.53 bits per heavy atom. The highest BCUT2D eigenvalue weighted by Crippen LogP contribution is 2.10. The molecular formula is C14H16N12O4. The van der Waals surface area contributed by atoms with Crippen LogP contribution in [0.2, 0.25) is 0 Å². The summed E-state index contributed by atoms with van der Waals surface area (Å²) < 4.78 is 5.94. The second-order valence-corrected chi connectivity index (χ2v) is 5.96. The maximum atomic E-state index is 10.6. The van der Waals surface area contributed by atoms with Gasteiger partial charge in [0.25, 0.3) is 0 Å². The molecule has 0 N–H and O–H groups in total. The Balaban J connectivity index is 0.000000171. The third-order valence-corrected chi connectivity index (χ3v) is 3.84. The lowest BCUT2D eigenvalue weighted by Crippen LogP contribution is -2.07. The number of rotatable bonds is 6. The molecule has 0 aliphatic carbocycles. The lowest BCUT2D eigenvalue weighted by atomic mass is 10.4. The van der Waals surface area contributed by atoms with Crippen molar-refractivity contribution in [3.8, 4) is 0 Å². The van der Waals surface area contributed by atoms with Crippen molar-refractivity contribution in [1.82, 2.24) is 49.1 Å². The van der Waals surface area contributed by atoms with Crippen molar-refractivity contribution in [2.24, 2.45) is 14.1 Å². The van der Waals surface area contributed by atoms with Gasteiger partial charge in [0.2, 0.25) is 0 Å². The largest absolute Gasteiger partial charge is 0.434 e. The fraction of sp³-hybridized carbons (Fsp3) is 0.286. The number of hydrogen-bond donors (Lipinski definition) is 0. The van der Waals surface area contributed by atoms with Crippen LogP contribution in [-0.2, 0) is 27.2 Å². The van der Waals surface area contributed by atoms with Gasteiger partial charge >= 0.3 is 11.9 Å². The van der Waals surface area contributed by atoms with E-state index in [1.807, 2.05) is 0 Å². The van der Waals surface area contributed by atoms with Crippen molar-refractivity contribution < 1.29 is 9.85 Å². The van der Waals surface area contributed by atoms with Crippen molar-refractivity contribution in [2.45, 2.75) is 13.1 Å². The van der Waals surface area contributed by atoms with Crippen LogP contribution in [0, 0.1) is 20.2 Å². The molecule has 0 amide bonds. The van der Waals surface area contributed by atoms with Gasteiger partial charge in [0.15, 0.2) is 0 Å². The summed E-state index contributed by atoms with van der Waals surface area (Å²) in [5.74, 6) is -0.378. The summed E-state index contributed by atoms with van der Waals surface area (Å²) >= 11 is 0. The summed E-state index contributed by atoms with van der Waals surface area (Å²) in [6.45, 7) is 0.629. The van der Waals surface area contributed by atoms with Gasteiger partial charge in [-0.1, -0.05) is 20.4 Å². The van der Waals surface area contributed by atoms with Gasteiger partial charge in [-0.25, -0.2) is 13.8 Å². The van der Waals surface area contributed by atoms with E-state index in [4.69, 9.17) is 0 Å². The highest BCUT2D eigenvalue weighted by molar-refractivity contribution is 5.10. The van der Waals surface area contributed by atoms with Crippen LogP contribution in [0.1, 0.15) is 11.4 Å². The molecule has 0 aliphatic rings. The van der Waals surface area contributed by atoms with Gasteiger partial charge in [-0.15, -0.1) is 10.2 Å². The molecule has 4 heterocycles. The number of nitrogens with zero attached hydrogens (tertiary/aromatic N) is 12. The predicted molar refractivity (Wildman–Crippen MR) is 98.0 cm³/mol. The molecule has 0 fully saturated rings. The molecule has 0 atom stereocenters. The van der Waals surface area contributed by atoms with Gasteiger partial charge in [-0.2, -0.15) is 0 Å². The third-order valence-electron chi connectivity index (χ3n) is 3.84. The minimum absolute atomic E-state index is 0.184. The summed E-state index contributed by atoms with van der Waals surface area (Å²) in [6.07, 6.45) is 9.11. The van der Waals surface area contributed by atoms with Gasteiger partial charge in [0.05, 0.1) is 18.1 Å². The third kappa shape index (κ3) is 4.66. The summed E-state index contributed by atoms with van der Waals surface area (Å²) in [4.78, 5) is 27.4. The first kappa shape index (κ1) is 20.2. The number of nitro groups is 2. The molecule has 30 heavy (non-hydrogen) atoms. The van der Waals surface area contributed by atoms with Crippen molar-refractivity contribution in [3.63, 3.8) is 0 Å². The first-order valence-electron chi connectivity index (χ1n) is 8.35. The lowest BCUT2D eigenvalue weighted by molar-refractivity contribution is -0.396. The van der Waals surface area contributed by atoms with Gasteiger partial charge in [-0.05, 0) is 9.85 Å². The molecule has 4 rings (SSSR count). The normalized spacial score (nSPS) is 10.5. The van der Waals surface area contributed by atoms with Crippen LogP contribution in [0.4, 0.5) is 11.9 Å². The van der Waals surface area contributed by atoms with Crippen LogP contribution in [-0.4, -0.2) is 58.9 Å². The van der Waals surface area contributed by atoms with E-state index < -0.39 is 9.85 Å². The highest BCUT2D eigenvalue weighted by Gasteiger charge is 2.16. The molecule has 4 aromatic rings. The average molecular weight is 416 g/mol. The van der Waals surface area contributed by atoms with Crippen LogP contribution in [0.15, 0.2) is 37.2 Å². The minimum Gasteiger partial charge on any atom is -0.390 e. The average Bonchev–Trinajstić information content (AvgIpc) is 3.46. The molecule has 0 saturated heterocycles. The van der Waals surface area contributed by atoms with E-state index in [9.17, 15) is 20.2 Å². The standard InChI is InChI=1S/2C7H8N6O2/c1-11-4-6(9-10-11)5-12-3-2-8-7(12)13(14)15;1-11-6(4-9-10-11)5-12-3-2-8-7(12)13(14)15/h2*2-4H,5H2,1H3. The van der Waals surface area contributed by atoms with Crippen LogP contribution in [0.25, 0.3) is 0 Å². The minimum atomic E-state index is -0.531. The predicted octanol–water partition coefficient (Wildman–Crippen LogP) is -0.0638. The highest BCUT2D eigenvalue weighted by atomic mass is 16.6. The SMILES string of the molecule is Cn1cc(Cn2ccnc2[N+](=O)[O-])nn1.Cn1nncc1Cn1ccnc1[N+](=O)[O-]. The number of imidazole rings is 2. The maximum Gasteiger partial charge on any atom is 0.434 e. The monoisotopic (exact) mass is 416 g/mol. The van der Waals surface area contributed by atoms with E-state index in [0.29, 0.717) is 18.8 Å². The molecule has 0 bridgehead atoms. The number of aryl methyl sites for hydroxylation is 2. The molecule has 16 heteroatoms. The van der Waals surface area contributed by atoms with Crippen LogP contribution < -0.4 is 0 Å². The van der Waals surface area contributed by atoms with Gasteiger partial charge in [0, 0.05) is 14.1 Å².